The van der Waals surface area contributed by atoms with Crippen LogP contribution >= 0.6 is 0 Å². The smallest absolute Gasteiger partial charge is 0.373 e. The van der Waals surface area contributed by atoms with Gasteiger partial charge in [0.05, 0.1) is 22.8 Å². The average molecular weight is 664 g/mol. The van der Waals surface area contributed by atoms with E-state index in [1.165, 1.54) is 41.9 Å². The molecular weight excluding hydrogens is 639 g/mol. The molecule has 0 aliphatic rings. The summed E-state index contributed by atoms with van der Waals surface area (Å²) in [5.74, 6) is 0. The Bertz CT molecular complexity index is 1230. The summed E-state index contributed by atoms with van der Waals surface area (Å²) < 4.78 is 0. The molecule has 0 amide bonds. The molecule has 42 heavy (non-hydrogen) atoms. The summed E-state index contributed by atoms with van der Waals surface area (Å²) in [6.07, 6.45) is 7.26. The molecule has 0 unspecified atom stereocenters. The number of rotatable bonds is 2. The summed E-state index contributed by atoms with van der Waals surface area (Å²) in [5.41, 5.74) is 62.6. The zero-order valence-corrected chi connectivity index (χ0v) is 24.6. The first-order chi connectivity index (χ1) is 19.2. The van der Waals surface area contributed by atoms with Crippen molar-refractivity contribution in [2.24, 2.45) is 0 Å². The molecule has 0 spiro atoms. The maximum absolute atomic E-state index is 6.75. The van der Waals surface area contributed by atoms with Crippen LogP contribution in [0.5, 0.6) is 0 Å². The molecule has 0 saturated carbocycles. The van der Waals surface area contributed by atoms with Crippen molar-refractivity contribution < 1.29 is 34.1 Å². The van der Waals surface area contributed by atoms with E-state index in [2.05, 4.69) is 47.6 Å². The fourth-order valence-corrected chi connectivity index (χ4v) is 2.70. The van der Waals surface area contributed by atoms with E-state index >= 15 is 0 Å². The van der Waals surface area contributed by atoms with Crippen molar-refractivity contribution in [1.82, 2.24) is 19.9 Å². The van der Waals surface area contributed by atoms with Crippen LogP contribution < -0.4 is 0 Å². The number of pyridine rings is 4. The second kappa shape index (κ2) is 28.9. The number of hydrogen-bond acceptors (Lipinski definition) is 4. The van der Waals surface area contributed by atoms with E-state index < -0.39 is 0 Å². The fraction of sp³-hybridized carbons (Fsp3) is 0.167. The molecule has 0 saturated heterocycles. The average Bonchev–Trinajstić information content (AvgIpc) is 2.91. The van der Waals surface area contributed by atoms with Crippen molar-refractivity contribution in [2.45, 2.75) is 27.7 Å². The minimum Gasteiger partial charge on any atom is -0.373 e. The van der Waals surface area contributed by atoms with Crippen LogP contribution in [-0.4, -0.2) is 19.9 Å². The molecule has 0 fully saturated rings. The molecule has 16 nitrogen and oxygen atoms in total. The predicted molar refractivity (Wildman–Crippen MR) is 154 cm³/mol. The summed E-state index contributed by atoms with van der Waals surface area (Å²) >= 11 is 0. The number of nitrogens with zero attached hydrogens (tertiary/aromatic N) is 16. The largest absolute Gasteiger partial charge is 2.00 e. The van der Waals surface area contributed by atoms with Crippen LogP contribution in [0, 0.1) is 27.7 Å². The van der Waals surface area contributed by atoms with Crippen LogP contribution in [0.3, 0.4) is 0 Å². The Morgan fingerprint density at radius 1 is 0.381 bits per heavy atom. The van der Waals surface area contributed by atoms with E-state index in [4.69, 9.17) is 44.2 Å². The quantitative estimate of drug-likeness (QED) is 0.0876. The van der Waals surface area contributed by atoms with Crippen molar-refractivity contribution in [3.63, 3.8) is 0 Å². The van der Waals surface area contributed by atoms with Gasteiger partial charge in [-0.3, -0.25) is 39.6 Å². The Morgan fingerprint density at radius 2 is 0.524 bits per heavy atom. The van der Waals surface area contributed by atoms with Gasteiger partial charge in [0.1, 0.15) is 0 Å². The van der Waals surface area contributed by atoms with Crippen LogP contribution in [0.1, 0.15) is 22.3 Å². The molecule has 0 bridgehead atoms. The Labute approximate surface area is 263 Å². The number of aryl methyl sites for hydroxylation is 4. The van der Waals surface area contributed by atoms with E-state index in [0.29, 0.717) is 0 Å². The predicted octanol–water partition coefficient (Wildman–Crippen LogP) is 8.98. The Kier molecular flexibility index (Phi) is 30.2. The van der Waals surface area contributed by atoms with Gasteiger partial charge in [-0.25, -0.2) is 0 Å². The van der Waals surface area contributed by atoms with Gasteiger partial charge in [-0.05, 0) is 98.5 Å². The molecule has 4 rings (SSSR count). The maximum Gasteiger partial charge on any atom is 2.00 e. The zero-order chi connectivity index (χ0) is 30.8. The summed E-state index contributed by atoms with van der Waals surface area (Å²) in [5, 5.41) is 0. The summed E-state index contributed by atoms with van der Waals surface area (Å²) in [7, 11) is 0. The molecule has 2 radical (unpaired) electrons. The van der Waals surface area contributed by atoms with Crippen molar-refractivity contribution in [2.75, 3.05) is 0 Å². The zero-order valence-electron chi connectivity index (χ0n) is 22.7. The molecule has 0 aliphatic heterocycles. The molecule has 222 valence electrons. The minimum atomic E-state index is 0. The second-order valence-electron chi connectivity index (χ2n) is 7.23. The Morgan fingerprint density at radius 3 is 0.643 bits per heavy atom. The second-order valence-corrected chi connectivity index (χ2v) is 7.23. The van der Waals surface area contributed by atoms with Gasteiger partial charge in [-0.2, -0.15) is 0 Å². The van der Waals surface area contributed by atoms with E-state index in [1.807, 2.05) is 73.3 Å². The van der Waals surface area contributed by atoms with Crippen LogP contribution in [0.4, 0.5) is 0 Å². The summed E-state index contributed by atoms with van der Waals surface area (Å²) in [6, 6.07) is 16.1. The molecule has 4 heterocycles. The number of hydrogen-bond donors (Lipinski definition) is 0. The first-order valence-electron chi connectivity index (χ1n) is 10.8. The van der Waals surface area contributed by atoms with Gasteiger partial charge in [0.2, 0.25) is 0 Å². The van der Waals surface area contributed by atoms with Gasteiger partial charge in [-0.15, -0.1) is 0 Å². The van der Waals surface area contributed by atoms with Crippen molar-refractivity contribution in [1.29, 1.82) is 0 Å². The van der Waals surface area contributed by atoms with Crippen LogP contribution in [0.25, 0.3) is 86.7 Å². The summed E-state index contributed by atoms with van der Waals surface area (Å²) in [4.78, 5) is 23.2. The van der Waals surface area contributed by atoms with Crippen LogP contribution in [0.2, 0.25) is 0 Å². The minimum absolute atomic E-state index is 0. The van der Waals surface area contributed by atoms with E-state index in [0.717, 1.165) is 22.8 Å². The van der Waals surface area contributed by atoms with Gasteiger partial charge in [0.25, 0.3) is 0 Å². The van der Waals surface area contributed by atoms with Crippen molar-refractivity contribution >= 4 is 0 Å². The van der Waals surface area contributed by atoms with E-state index in [-0.39, 0.29) is 34.1 Å². The summed E-state index contributed by atoms with van der Waals surface area (Å²) in [6.45, 7) is 8.23. The first-order valence-corrected chi connectivity index (χ1v) is 10.8. The van der Waals surface area contributed by atoms with E-state index in [9.17, 15) is 0 Å². The van der Waals surface area contributed by atoms with Gasteiger partial charge >= 0.3 is 34.1 Å². The third kappa shape index (κ3) is 21.8. The van der Waals surface area contributed by atoms with Gasteiger partial charge < -0.3 is 44.2 Å². The Balaban J connectivity index is -0.000000243. The first kappa shape index (κ1) is 43.9. The third-order valence-electron chi connectivity index (χ3n) is 4.19. The standard InChI is InChI=1S/2C12H12N2.2Cu.4N3/c2*1-9-3-5-13-11(7-9)12-8-10(2)4-6-14-12;;;4*1-3-2/h2*3-8H,1-2H3;;;;;;/q;;2*+2;4*-1. The molecule has 4 aromatic heterocycles. The monoisotopic (exact) mass is 662 g/mol. The maximum atomic E-state index is 6.75. The molecule has 0 aromatic carbocycles. The molecule has 0 N–H and O–H groups in total. The van der Waals surface area contributed by atoms with E-state index in [1.54, 1.807) is 0 Å². The molecule has 0 aliphatic carbocycles. The molecular formula is C24H24Cu2N16. The molecule has 0 atom stereocenters. The van der Waals surface area contributed by atoms with Crippen molar-refractivity contribution in [3.05, 3.63) is 159 Å². The van der Waals surface area contributed by atoms with Gasteiger partial charge in [0, 0.05) is 24.8 Å². The topological polar surface area (TPSA) is 286 Å². The van der Waals surface area contributed by atoms with Crippen LogP contribution in [0.15, 0.2) is 73.3 Å². The van der Waals surface area contributed by atoms with Gasteiger partial charge in [-0.1, -0.05) is 0 Å². The van der Waals surface area contributed by atoms with Crippen molar-refractivity contribution in [3.8, 4) is 22.8 Å². The normalized spacial score (nSPS) is 7.52. The van der Waals surface area contributed by atoms with Gasteiger partial charge in [0.15, 0.2) is 0 Å². The third-order valence-corrected chi connectivity index (χ3v) is 4.19. The molecule has 4 aromatic rings. The SMILES string of the molecule is Cc1ccnc(-c2cc(C)ccn2)c1.Cc1ccnc(-c2cc(C)ccn2)c1.[Cu+2].[Cu+2].[N-]=[N+]=[N-].[N-]=[N+]=[N-].[N-]=[N+]=[N-].[N-]=[N+]=[N-]. The molecule has 18 heteroatoms. The number of aromatic nitrogens is 4. The van der Waals surface area contributed by atoms with Crippen LogP contribution in [-0.2, 0) is 34.1 Å². The fourth-order valence-electron chi connectivity index (χ4n) is 2.70. The Hall–Kier alpha value is -5.12.